The fourth-order valence-electron chi connectivity index (χ4n) is 1.84. The van der Waals surface area contributed by atoms with Crippen molar-refractivity contribution in [1.29, 1.82) is 0 Å². The highest BCUT2D eigenvalue weighted by Gasteiger charge is 2.32. The topological polar surface area (TPSA) is 113 Å². The van der Waals surface area contributed by atoms with E-state index in [0.29, 0.717) is 12.2 Å². The van der Waals surface area contributed by atoms with Gasteiger partial charge in [-0.3, -0.25) is 9.59 Å². The molecule has 8 heteroatoms. The average Bonchev–Trinajstić information content (AvgIpc) is 2.31. The summed E-state index contributed by atoms with van der Waals surface area (Å²) >= 11 is 1.55. The van der Waals surface area contributed by atoms with Gasteiger partial charge >= 0.3 is 12.0 Å². The Morgan fingerprint density at radius 2 is 1.90 bits per heavy atom. The molecule has 0 spiro atoms. The lowest BCUT2D eigenvalue weighted by atomic mass is 10.0. The van der Waals surface area contributed by atoms with E-state index in [-0.39, 0.29) is 18.9 Å². The van der Waals surface area contributed by atoms with Crippen LogP contribution in [0.3, 0.4) is 0 Å². The van der Waals surface area contributed by atoms with Crippen molar-refractivity contribution in [3.05, 3.63) is 0 Å². The lowest BCUT2D eigenvalue weighted by Crippen LogP contribution is -2.56. The van der Waals surface area contributed by atoms with Gasteiger partial charge in [0.05, 0.1) is 6.42 Å². The molecule has 21 heavy (non-hydrogen) atoms. The molecule has 0 saturated carbocycles. The summed E-state index contributed by atoms with van der Waals surface area (Å²) in [5.41, 5.74) is 4.57. The molecule has 0 rings (SSSR count). The highest BCUT2D eigenvalue weighted by molar-refractivity contribution is 7.98. The van der Waals surface area contributed by atoms with Crippen molar-refractivity contribution in [2.45, 2.75) is 45.2 Å². The van der Waals surface area contributed by atoms with Crippen LogP contribution in [0.15, 0.2) is 0 Å². The molecule has 0 aromatic heterocycles. The third-order valence-electron chi connectivity index (χ3n) is 2.85. The fraction of sp³-hybridized carbons (Fsp3) is 0.769. The van der Waals surface area contributed by atoms with Crippen LogP contribution < -0.4 is 11.1 Å². The van der Waals surface area contributed by atoms with Crippen molar-refractivity contribution >= 4 is 29.7 Å². The molecule has 122 valence electrons. The molecule has 4 N–H and O–H groups in total. The smallest absolute Gasteiger partial charge is 0.312 e. The van der Waals surface area contributed by atoms with Crippen molar-refractivity contribution in [2.75, 3.05) is 18.6 Å². The van der Waals surface area contributed by atoms with E-state index in [1.807, 2.05) is 27.0 Å². The van der Waals surface area contributed by atoms with Gasteiger partial charge in [-0.05, 0) is 39.2 Å². The zero-order chi connectivity index (χ0) is 16.6. The first-order valence-electron chi connectivity index (χ1n) is 6.67. The summed E-state index contributed by atoms with van der Waals surface area (Å²) in [4.78, 5) is 35.9. The number of carbonyl (C=O) groups is 3. The lowest BCUT2D eigenvalue weighted by Gasteiger charge is -2.38. The van der Waals surface area contributed by atoms with Crippen LogP contribution in [0.1, 0.15) is 33.6 Å². The molecular formula is C13H25N3O4S. The first kappa shape index (κ1) is 19.6. The molecule has 0 aromatic rings. The molecule has 0 bridgehead atoms. The molecule has 0 heterocycles. The van der Waals surface area contributed by atoms with E-state index in [4.69, 9.17) is 10.8 Å². The molecule has 0 aliphatic rings. The van der Waals surface area contributed by atoms with Crippen LogP contribution in [-0.4, -0.2) is 58.0 Å². The zero-order valence-corrected chi connectivity index (χ0v) is 13.8. The third kappa shape index (κ3) is 7.79. The summed E-state index contributed by atoms with van der Waals surface area (Å²) in [6.45, 7) is 5.56. The molecule has 0 aliphatic heterocycles. The monoisotopic (exact) mass is 319 g/mol. The van der Waals surface area contributed by atoms with Gasteiger partial charge in [-0.25, -0.2) is 4.79 Å². The Morgan fingerprint density at radius 1 is 1.33 bits per heavy atom. The number of hydrogen-bond donors (Lipinski definition) is 3. The molecule has 0 aromatic carbocycles. The number of nitrogens with two attached hydrogens (primary N) is 1. The number of urea groups is 1. The number of carboxylic acids is 1. The van der Waals surface area contributed by atoms with Gasteiger partial charge in [0.1, 0.15) is 6.04 Å². The number of thioether (sulfide) groups is 1. The summed E-state index contributed by atoms with van der Waals surface area (Å²) in [5.74, 6) is -0.592. The zero-order valence-electron chi connectivity index (χ0n) is 13.0. The molecule has 3 amide bonds. The van der Waals surface area contributed by atoms with E-state index >= 15 is 0 Å². The molecular weight excluding hydrogens is 294 g/mol. The number of nitrogens with zero attached hydrogens (tertiary/aromatic N) is 1. The number of amides is 3. The number of carboxylic acid groups (broad SMARTS) is 1. The Hall–Kier alpha value is -1.44. The minimum absolute atomic E-state index is 0.0911. The van der Waals surface area contributed by atoms with Crippen LogP contribution >= 0.6 is 11.8 Å². The number of rotatable bonds is 8. The first-order chi connectivity index (χ1) is 9.59. The number of carbonyl (C=O) groups excluding carboxylic acids is 2. The van der Waals surface area contributed by atoms with Gasteiger partial charge in [0.15, 0.2) is 0 Å². The molecule has 1 atom stereocenters. The van der Waals surface area contributed by atoms with Crippen molar-refractivity contribution in [3.63, 3.8) is 0 Å². The van der Waals surface area contributed by atoms with Crippen molar-refractivity contribution < 1.29 is 19.5 Å². The van der Waals surface area contributed by atoms with Crippen LogP contribution in [0.5, 0.6) is 0 Å². The van der Waals surface area contributed by atoms with Gasteiger partial charge in [-0.15, -0.1) is 0 Å². The standard InChI is InChI=1S/C13H25N3O4S/c1-13(2,3)16(7-5-10(17)18)11(19)9(6-8-21-4)15-12(14)20/h9H,5-8H2,1-4H3,(H,17,18)(H3,14,15,20). The maximum Gasteiger partial charge on any atom is 0.312 e. The Kier molecular flexibility index (Phi) is 8.16. The number of nitrogens with one attached hydrogen (secondary N) is 1. The minimum Gasteiger partial charge on any atom is -0.481 e. The van der Waals surface area contributed by atoms with Gasteiger partial charge in [-0.2, -0.15) is 11.8 Å². The van der Waals surface area contributed by atoms with Gasteiger partial charge in [0, 0.05) is 12.1 Å². The molecule has 0 radical (unpaired) electrons. The normalized spacial score (nSPS) is 12.6. The second kappa shape index (κ2) is 8.76. The summed E-state index contributed by atoms with van der Waals surface area (Å²) < 4.78 is 0. The SMILES string of the molecule is CSCCC(NC(N)=O)C(=O)N(CCC(=O)O)C(C)(C)C. The van der Waals surface area contributed by atoms with Gasteiger partial charge < -0.3 is 21.1 Å². The van der Waals surface area contributed by atoms with E-state index in [0.717, 1.165) is 0 Å². The summed E-state index contributed by atoms with van der Waals surface area (Å²) in [7, 11) is 0. The highest BCUT2D eigenvalue weighted by Crippen LogP contribution is 2.17. The fourth-order valence-corrected chi connectivity index (χ4v) is 2.31. The van der Waals surface area contributed by atoms with Gasteiger partial charge in [-0.1, -0.05) is 0 Å². The lowest BCUT2D eigenvalue weighted by molar-refractivity contribution is -0.141. The maximum atomic E-state index is 12.6. The van der Waals surface area contributed by atoms with E-state index in [1.165, 1.54) is 4.90 Å². The second-order valence-electron chi connectivity index (χ2n) is 5.65. The van der Waals surface area contributed by atoms with E-state index < -0.39 is 23.6 Å². The summed E-state index contributed by atoms with van der Waals surface area (Å²) in [6.07, 6.45) is 2.20. The van der Waals surface area contributed by atoms with Crippen LogP contribution in [0.25, 0.3) is 0 Å². The Balaban J connectivity index is 5.07. The number of primary amides is 1. The van der Waals surface area contributed by atoms with Crippen LogP contribution in [0.4, 0.5) is 4.79 Å². The Bertz CT molecular complexity index is 382. The quantitative estimate of drug-likeness (QED) is 0.614. The molecule has 7 nitrogen and oxygen atoms in total. The van der Waals surface area contributed by atoms with Crippen molar-refractivity contribution in [1.82, 2.24) is 10.2 Å². The third-order valence-corrected chi connectivity index (χ3v) is 3.49. The van der Waals surface area contributed by atoms with E-state index in [2.05, 4.69) is 5.32 Å². The second-order valence-corrected chi connectivity index (χ2v) is 6.63. The molecule has 0 fully saturated rings. The molecule has 0 saturated heterocycles. The largest absolute Gasteiger partial charge is 0.481 e. The number of hydrogen-bond acceptors (Lipinski definition) is 4. The maximum absolute atomic E-state index is 12.6. The van der Waals surface area contributed by atoms with E-state index in [9.17, 15) is 14.4 Å². The highest BCUT2D eigenvalue weighted by atomic mass is 32.2. The van der Waals surface area contributed by atoms with Crippen molar-refractivity contribution in [2.24, 2.45) is 5.73 Å². The molecule has 0 aliphatic carbocycles. The van der Waals surface area contributed by atoms with Gasteiger partial charge in [0.2, 0.25) is 5.91 Å². The number of aliphatic carboxylic acids is 1. The molecule has 1 unspecified atom stereocenters. The first-order valence-corrected chi connectivity index (χ1v) is 8.07. The van der Waals surface area contributed by atoms with Crippen LogP contribution in [-0.2, 0) is 9.59 Å². The predicted molar refractivity (Wildman–Crippen MR) is 83.2 cm³/mol. The summed E-state index contributed by atoms with van der Waals surface area (Å²) in [5, 5.41) is 11.2. The van der Waals surface area contributed by atoms with Crippen LogP contribution in [0.2, 0.25) is 0 Å². The van der Waals surface area contributed by atoms with Crippen LogP contribution in [0, 0.1) is 0 Å². The Morgan fingerprint density at radius 3 is 2.29 bits per heavy atom. The predicted octanol–water partition coefficient (Wildman–Crippen LogP) is 0.878. The Labute approximate surface area is 129 Å². The minimum atomic E-state index is -0.972. The van der Waals surface area contributed by atoms with E-state index in [1.54, 1.807) is 11.8 Å². The summed E-state index contributed by atoms with van der Waals surface area (Å²) in [6, 6.07) is -1.50. The van der Waals surface area contributed by atoms with Crippen molar-refractivity contribution in [3.8, 4) is 0 Å². The average molecular weight is 319 g/mol. The van der Waals surface area contributed by atoms with Gasteiger partial charge in [0.25, 0.3) is 0 Å².